The number of benzene rings is 3. The van der Waals surface area contributed by atoms with Crippen molar-refractivity contribution in [2.24, 2.45) is 0 Å². The van der Waals surface area contributed by atoms with E-state index < -0.39 is 0 Å². The summed E-state index contributed by atoms with van der Waals surface area (Å²) in [5.41, 5.74) is 4.57. The van der Waals surface area contributed by atoms with E-state index in [0.29, 0.717) is 17.8 Å². The zero-order chi connectivity index (χ0) is 25.6. The molecule has 1 saturated heterocycles. The maximum atomic E-state index is 12.5. The van der Waals surface area contributed by atoms with Crippen LogP contribution in [0, 0.1) is 0 Å². The lowest BCUT2D eigenvalue weighted by atomic mass is 10.1. The number of nitrogens with one attached hydrogen (secondary N) is 2. The quantitative estimate of drug-likeness (QED) is 0.381. The molecule has 3 aromatic carbocycles. The van der Waals surface area contributed by atoms with Crippen molar-refractivity contribution >= 4 is 28.5 Å². The second-order valence-corrected chi connectivity index (χ2v) is 9.65. The highest BCUT2D eigenvalue weighted by Gasteiger charge is 2.15. The van der Waals surface area contributed by atoms with E-state index in [4.69, 9.17) is 4.42 Å². The number of hydrogen-bond donors (Lipinski definition) is 2. The molecule has 0 atom stereocenters. The van der Waals surface area contributed by atoms with Crippen LogP contribution in [0.25, 0.3) is 11.0 Å². The van der Waals surface area contributed by atoms with E-state index >= 15 is 0 Å². The van der Waals surface area contributed by atoms with Gasteiger partial charge in [0.25, 0.3) is 5.91 Å². The molecule has 5 rings (SSSR count). The number of amides is 2. The Labute approximate surface area is 217 Å². The smallest absolute Gasteiger partial charge is 0.291 e. The average molecular weight is 497 g/mol. The minimum atomic E-state index is -0.309. The molecule has 37 heavy (non-hydrogen) atoms. The molecule has 0 bridgehead atoms. The SMILES string of the molecule is CN1CCN(Cc2cccc(CNC(=O)Cc3ccc(NC(=O)c4cc5ccccc5o4)cc3)c2)CC1. The second-order valence-electron chi connectivity index (χ2n) is 9.65. The van der Waals surface area contributed by atoms with Gasteiger partial charge in [-0.1, -0.05) is 54.6 Å². The maximum Gasteiger partial charge on any atom is 0.291 e. The molecule has 2 N–H and O–H groups in total. The third-order valence-electron chi connectivity index (χ3n) is 6.71. The van der Waals surface area contributed by atoms with Gasteiger partial charge in [0.05, 0.1) is 6.42 Å². The monoisotopic (exact) mass is 496 g/mol. The normalized spacial score (nSPS) is 14.5. The molecule has 0 saturated carbocycles. The van der Waals surface area contributed by atoms with Crippen LogP contribution in [0.2, 0.25) is 0 Å². The lowest BCUT2D eigenvalue weighted by Gasteiger charge is -2.32. The van der Waals surface area contributed by atoms with Crippen LogP contribution in [-0.4, -0.2) is 54.8 Å². The molecule has 0 radical (unpaired) electrons. The lowest BCUT2D eigenvalue weighted by Crippen LogP contribution is -2.43. The van der Waals surface area contributed by atoms with E-state index in [9.17, 15) is 9.59 Å². The zero-order valence-corrected chi connectivity index (χ0v) is 21.1. The van der Waals surface area contributed by atoms with Crippen molar-refractivity contribution in [2.45, 2.75) is 19.5 Å². The summed E-state index contributed by atoms with van der Waals surface area (Å²) < 4.78 is 5.62. The summed E-state index contributed by atoms with van der Waals surface area (Å²) in [6.07, 6.45) is 0.277. The number of likely N-dealkylation sites (N-methyl/N-ethyl adjacent to an activating group) is 1. The van der Waals surface area contributed by atoms with Crippen LogP contribution in [0.3, 0.4) is 0 Å². The molecule has 1 aliphatic heterocycles. The summed E-state index contributed by atoms with van der Waals surface area (Å²) in [7, 11) is 2.16. The van der Waals surface area contributed by atoms with Crippen molar-refractivity contribution < 1.29 is 14.0 Å². The van der Waals surface area contributed by atoms with Crippen molar-refractivity contribution in [3.8, 4) is 0 Å². The number of nitrogens with zero attached hydrogens (tertiary/aromatic N) is 2. The Kier molecular flexibility index (Phi) is 7.63. The van der Waals surface area contributed by atoms with Gasteiger partial charge in [0.15, 0.2) is 5.76 Å². The molecule has 1 aliphatic rings. The van der Waals surface area contributed by atoms with Gasteiger partial charge in [0.2, 0.25) is 5.91 Å². The summed E-state index contributed by atoms with van der Waals surface area (Å²) >= 11 is 0. The van der Waals surface area contributed by atoms with Gasteiger partial charge in [-0.2, -0.15) is 0 Å². The lowest BCUT2D eigenvalue weighted by molar-refractivity contribution is -0.120. The first-order valence-corrected chi connectivity index (χ1v) is 12.7. The number of para-hydroxylation sites is 1. The Hall–Kier alpha value is -3.94. The summed E-state index contributed by atoms with van der Waals surface area (Å²) in [5.74, 6) is -0.0858. The number of carbonyl (C=O) groups is 2. The molecule has 1 aromatic heterocycles. The molecule has 4 aromatic rings. The van der Waals surface area contributed by atoms with Crippen LogP contribution in [0.5, 0.6) is 0 Å². The number of piperazine rings is 1. The Bertz CT molecular complexity index is 1340. The van der Waals surface area contributed by atoms with Gasteiger partial charge in [-0.05, 0) is 48.0 Å². The number of furan rings is 1. The molecule has 2 amide bonds. The fourth-order valence-corrected chi connectivity index (χ4v) is 4.54. The van der Waals surface area contributed by atoms with Crippen LogP contribution in [0.4, 0.5) is 5.69 Å². The summed E-state index contributed by atoms with van der Waals surface area (Å²) in [6, 6.07) is 25.0. The van der Waals surface area contributed by atoms with Gasteiger partial charge >= 0.3 is 0 Å². The van der Waals surface area contributed by atoms with Crippen LogP contribution < -0.4 is 10.6 Å². The standard InChI is InChI=1S/C30H32N4O3/c1-33-13-15-34(16-14-33)21-24-6-4-5-23(17-24)20-31-29(35)18-22-9-11-26(12-10-22)32-30(36)28-19-25-7-2-3-8-27(25)37-28/h2-12,17,19H,13-16,18,20-21H2,1H3,(H,31,35)(H,32,36). The molecule has 1 fully saturated rings. The summed E-state index contributed by atoms with van der Waals surface area (Å²) in [4.78, 5) is 29.9. The first-order chi connectivity index (χ1) is 18.0. The molecule has 7 heteroatoms. The highest BCUT2D eigenvalue weighted by atomic mass is 16.3. The van der Waals surface area contributed by atoms with Crippen molar-refractivity contribution in [1.29, 1.82) is 0 Å². The summed E-state index contributed by atoms with van der Waals surface area (Å²) in [6.45, 7) is 5.81. The Balaban J connectivity index is 1.09. The van der Waals surface area contributed by atoms with E-state index in [2.05, 4.69) is 45.7 Å². The molecular weight excluding hydrogens is 464 g/mol. The number of carbonyl (C=O) groups excluding carboxylic acids is 2. The van der Waals surface area contributed by atoms with Crippen LogP contribution in [-0.2, 0) is 24.3 Å². The molecule has 0 spiro atoms. The fourth-order valence-electron chi connectivity index (χ4n) is 4.54. The Morgan fingerprint density at radius 2 is 1.59 bits per heavy atom. The van der Waals surface area contributed by atoms with Crippen molar-refractivity contribution in [3.05, 3.63) is 101 Å². The predicted octanol–water partition coefficient (Wildman–Crippen LogP) is 4.29. The largest absolute Gasteiger partial charge is 0.451 e. The van der Waals surface area contributed by atoms with E-state index in [1.54, 1.807) is 18.2 Å². The van der Waals surface area contributed by atoms with Gasteiger partial charge in [0, 0.05) is 50.3 Å². The predicted molar refractivity (Wildman–Crippen MR) is 145 cm³/mol. The minimum absolute atomic E-state index is 0.0384. The molecule has 0 unspecified atom stereocenters. The van der Waals surface area contributed by atoms with Crippen LogP contribution in [0.15, 0.2) is 83.3 Å². The van der Waals surface area contributed by atoms with E-state index in [0.717, 1.165) is 49.2 Å². The van der Waals surface area contributed by atoms with Crippen LogP contribution in [0.1, 0.15) is 27.2 Å². The van der Waals surface area contributed by atoms with Gasteiger partial charge in [-0.25, -0.2) is 0 Å². The first-order valence-electron chi connectivity index (χ1n) is 12.7. The second kappa shape index (κ2) is 11.4. The first kappa shape index (κ1) is 24.7. The fraction of sp³-hybridized carbons (Fsp3) is 0.267. The Morgan fingerprint density at radius 1 is 0.838 bits per heavy atom. The average Bonchev–Trinajstić information content (AvgIpc) is 3.35. The maximum absolute atomic E-state index is 12.5. The van der Waals surface area contributed by atoms with E-state index in [1.807, 2.05) is 42.5 Å². The highest BCUT2D eigenvalue weighted by molar-refractivity contribution is 6.04. The number of hydrogen-bond acceptors (Lipinski definition) is 5. The number of anilines is 1. The highest BCUT2D eigenvalue weighted by Crippen LogP contribution is 2.20. The van der Waals surface area contributed by atoms with E-state index in [1.165, 1.54) is 5.56 Å². The van der Waals surface area contributed by atoms with Crippen molar-refractivity contribution in [2.75, 3.05) is 38.5 Å². The minimum Gasteiger partial charge on any atom is -0.451 e. The molecule has 2 heterocycles. The van der Waals surface area contributed by atoms with Crippen molar-refractivity contribution in [1.82, 2.24) is 15.1 Å². The van der Waals surface area contributed by atoms with Crippen LogP contribution >= 0.6 is 0 Å². The van der Waals surface area contributed by atoms with Gasteiger partial charge in [0.1, 0.15) is 5.58 Å². The molecular formula is C30H32N4O3. The van der Waals surface area contributed by atoms with Gasteiger partial charge in [-0.15, -0.1) is 0 Å². The molecule has 190 valence electrons. The van der Waals surface area contributed by atoms with Gasteiger partial charge < -0.3 is 20.0 Å². The Morgan fingerprint density at radius 3 is 2.38 bits per heavy atom. The number of rotatable bonds is 8. The topological polar surface area (TPSA) is 77.8 Å². The molecule has 0 aliphatic carbocycles. The zero-order valence-electron chi connectivity index (χ0n) is 21.1. The third-order valence-corrected chi connectivity index (χ3v) is 6.71. The third kappa shape index (κ3) is 6.64. The molecule has 7 nitrogen and oxygen atoms in total. The van der Waals surface area contributed by atoms with E-state index in [-0.39, 0.29) is 24.0 Å². The number of fused-ring (bicyclic) bond motifs is 1. The van der Waals surface area contributed by atoms with Gasteiger partial charge in [-0.3, -0.25) is 14.5 Å². The summed E-state index contributed by atoms with van der Waals surface area (Å²) in [5, 5.41) is 6.75. The van der Waals surface area contributed by atoms with Crippen molar-refractivity contribution in [3.63, 3.8) is 0 Å².